The number of ether oxygens (including phenoxy) is 1. The Kier molecular flexibility index (Phi) is 6.86. The van der Waals surface area contributed by atoms with Gasteiger partial charge in [0, 0.05) is 5.56 Å². The molecule has 0 bridgehead atoms. The summed E-state index contributed by atoms with van der Waals surface area (Å²) < 4.78 is 6.36. The number of aromatic nitrogens is 4. The van der Waals surface area contributed by atoms with Crippen molar-refractivity contribution in [1.29, 1.82) is 0 Å². The third-order valence-electron chi connectivity index (χ3n) is 5.68. The number of nitrogens with two attached hydrogens (primary N) is 1. The summed E-state index contributed by atoms with van der Waals surface area (Å²) in [6, 6.07) is 8.26. The summed E-state index contributed by atoms with van der Waals surface area (Å²) in [7, 11) is 0. The van der Waals surface area contributed by atoms with Gasteiger partial charge < -0.3 is 15.8 Å². The summed E-state index contributed by atoms with van der Waals surface area (Å²) in [5, 5.41) is 16.2. The van der Waals surface area contributed by atoms with Gasteiger partial charge in [-0.25, -0.2) is 0 Å². The largest absolute Gasteiger partial charge is 0.367 e. The fraction of sp³-hybridized carbons (Fsp3) is 0.375. The van der Waals surface area contributed by atoms with Gasteiger partial charge in [0.25, 0.3) is 0 Å². The number of benzene rings is 1. The van der Waals surface area contributed by atoms with Crippen molar-refractivity contribution < 1.29 is 4.74 Å². The minimum absolute atomic E-state index is 0.287. The third-order valence-corrected chi connectivity index (χ3v) is 5.68. The van der Waals surface area contributed by atoms with Crippen molar-refractivity contribution in [2.24, 2.45) is 5.73 Å². The van der Waals surface area contributed by atoms with Crippen molar-refractivity contribution in [3.8, 4) is 11.4 Å². The highest BCUT2D eigenvalue weighted by Gasteiger charge is 2.31. The molecule has 1 spiro atoms. The first-order chi connectivity index (χ1) is 15.2. The van der Waals surface area contributed by atoms with Crippen LogP contribution in [0.5, 0.6) is 0 Å². The van der Waals surface area contributed by atoms with E-state index in [1.165, 1.54) is 0 Å². The van der Waals surface area contributed by atoms with E-state index in [0.29, 0.717) is 25.5 Å². The van der Waals surface area contributed by atoms with E-state index in [-0.39, 0.29) is 5.60 Å². The maximum Gasteiger partial charge on any atom is 0.204 e. The summed E-state index contributed by atoms with van der Waals surface area (Å²) in [4.78, 5) is 1.60. The van der Waals surface area contributed by atoms with Crippen LogP contribution in [0.15, 0.2) is 66.8 Å². The highest BCUT2D eigenvalue weighted by atomic mass is 16.5. The Morgan fingerprint density at radius 2 is 1.90 bits per heavy atom. The summed E-state index contributed by atoms with van der Waals surface area (Å²) in [5.41, 5.74) is 9.36. The fourth-order valence-corrected chi connectivity index (χ4v) is 3.90. The molecule has 0 amide bonds. The zero-order chi connectivity index (χ0) is 21.5. The number of rotatable bonds is 5. The average molecular weight is 419 g/mol. The molecule has 0 atom stereocenters. The molecule has 2 aromatic rings. The monoisotopic (exact) mass is 418 g/mol. The lowest BCUT2D eigenvalue weighted by Gasteiger charge is -2.36. The van der Waals surface area contributed by atoms with Crippen molar-refractivity contribution in [3.05, 3.63) is 72.4 Å². The molecule has 7 heteroatoms. The minimum Gasteiger partial charge on any atom is -0.367 e. The lowest BCUT2D eigenvalue weighted by Crippen LogP contribution is -2.43. The van der Waals surface area contributed by atoms with E-state index < -0.39 is 0 Å². The molecular weight excluding hydrogens is 388 g/mol. The van der Waals surface area contributed by atoms with E-state index in [4.69, 9.17) is 10.5 Å². The molecule has 1 fully saturated rings. The van der Waals surface area contributed by atoms with E-state index in [9.17, 15) is 0 Å². The van der Waals surface area contributed by atoms with Crippen molar-refractivity contribution in [2.45, 2.75) is 31.4 Å². The van der Waals surface area contributed by atoms with Crippen LogP contribution in [0.25, 0.3) is 17.0 Å². The van der Waals surface area contributed by atoms with Crippen molar-refractivity contribution >= 4 is 5.57 Å². The Morgan fingerprint density at radius 3 is 2.68 bits per heavy atom. The SMILES string of the molecule is C=C1/C=C\C=C/COC2(C=C1c1ccc(-c3nnn(CCCN)n3)cc1)CCNCC2. The number of hydrogen-bond acceptors (Lipinski definition) is 6. The van der Waals surface area contributed by atoms with Gasteiger partial charge in [-0.3, -0.25) is 0 Å². The van der Waals surface area contributed by atoms with Crippen LogP contribution in [-0.2, 0) is 11.3 Å². The lowest BCUT2D eigenvalue weighted by atomic mass is 9.85. The highest BCUT2D eigenvalue weighted by Crippen LogP contribution is 2.33. The Morgan fingerprint density at radius 1 is 1.13 bits per heavy atom. The third kappa shape index (κ3) is 5.25. The quantitative estimate of drug-likeness (QED) is 0.776. The minimum atomic E-state index is -0.287. The standard InChI is InChI=1S/C24H30N6O/c1-19-6-3-2-4-17-31-24(11-14-26-15-12-24)18-22(19)20-7-9-21(10-8-20)23-27-29-30(28-23)16-5-13-25/h2-4,6-10,18,26H,1,5,11-17,25H2/b4-2-,6-3-,22-18?. The van der Waals surface area contributed by atoms with Gasteiger partial charge in [0.2, 0.25) is 5.82 Å². The van der Waals surface area contributed by atoms with Gasteiger partial charge in [0.15, 0.2) is 0 Å². The molecule has 7 nitrogen and oxygen atoms in total. The van der Waals surface area contributed by atoms with Gasteiger partial charge in [-0.1, -0.05) is 55.1 Å². The van der Waals surface area contributed by atoms with E-state index >= 15 is 0 Å². The van der Waals surface area contributed by atoms with Gasteiger partial charge in [-0.15, -0.1) is 10.2 Å². The average Bonchev–Trinajstić information content (AvgIpc) is 3.28. The number of aryl methyl sites for hydroxylation is 1. The Balaban J connectivity index is 1.64. The highest BCUT2D eigenvalue weighted by molar-refractivity contribution is 5.82. The summed E-state index contributed by atoms with van der Waals surface area (Å²) in [6.45, 7) is 8.10. The predicted octanol–water partition coefficient (Wildman–Crippen LogP) is 2.89. The fourth-order valence-electron chi connectivity index (χ4n) is 3.90. The molecule has 162 valence electrons. The van der Waals surface area contributed by atoms with Crippen LogP contribution < -0.4 is 11.1 Å². The molecule has 0 radical (unpaired) electrons. The van der Waals surface area contributed by atoms with Gasteiger partial charge in [0.1, 0.15) is 0 Å². The molecule has 1 aromatic carbocycles. The van der Waals surface area contributed by atoms with Crippen LogP contribution in [0.3, 0.4) is 0 Å². The maximum absolute atomic E-state index is 6.36. The molecule has 2 aliphatic rings. The van der Waals surface area contributed by atoms with Crippen LogP contribution in [0.2, 0.25) is 0 Å². The van der Waals surface area contributed by atoms with Gasteiger partial charge in [-0.05, 0) is 66.9 Å². The smallest absolute Gasteiger partial charge is 0.204 e. The summed E-state index contributed by atoms with van der Waals surface area (Å²) >= 11 is 0. The van der Waals surface area contributed by atoms with Crippen LogP contribution in [0.1, 0.15) is 24.8 Å². The second kappa shape index (κ2) is 9.96. The van der Waals surface area contributed by atoms with Crippen LogP contribution in [-0.4, -0.2) is 52.0 Å². The molecule has 31 heavy (non-hydrogen) atoms. The lowest BCUT2D eigenvalue weighted by molar-refractivity contribution is -0.0133. The molecule has 2 aliphatic heterocycles. The number of nitrogens with one attached hydrogen (secondary N) is 1. The van der Waals surface area contributed by atoms with Crippen molar-refractivity contribution in [1.82, 2.24) is 25.5 Å². The Bertz CT molecular complexity index is 980. The number of tetrazole rings is 1. The van der Waals surface area contributed by atoms with E-state index in [1.54, 1.807) is 4.80 Å². The second-order valence-corrected chi connectivity index (χ2v) is 7.92. The number of hydrogen-bond donors (Lipinski definition) is 2. The second-order valence-electron chi connectivity index (χ2n) is 7.92. The van der Waals surface area contributed by atoms with E-state index in [0.717, 1.165) is 54.6 Å². The van der Waals surface area contributed by atoms with Crippen molar-refractivity contribution in [2.75, 3.05) is 26.2 Å². The van der Waals surface area contributed by atoms with Crippen LogP contribution in [0.4, 0.5) is 0 Å². The molecule has 1 saturated heterocycles. The molecule has 4 rings (SSSR count). The van der Waals surface area contributed by atoms with Crippen LogP contribution >= 0.6 is 0 Å². The molecule has 0 aliphatic carbocycles. The Hall–Kier alpha value is -2.87. The first kappa shape index (κ1) is 21.4. The van der Waals surface area contributed by atoms with Crippen LogP contribution in [0, 0.1) is 0 Å². The molecule has 0 saturated carbocycles. The summed E-state index contributed by atoms with van der Waals surface area (Å²) in [5.74, 6) is 0.616. The first-order valence-corrected chi connectivity index (χ1v) is 10.9. The zero-order valence-corrected chi connectivity index (χ0v) is 17.8. The van der Waals surface area contributed by atoms with Gasteiger partial charge in [0.05, 0.1) is 18.8 Å². The number of nitrogens with zero attached hydrogens (tertiary/aromatic N) is 4. The maximum atomic E-state index is 6.36. The molecule has 3 N–H and O–H groups in total. The zero-order valence-electron chi connectivity index (χ0n) is 17.8. The normalized spacial score (nSPS) is 20.9. The number of allylic oxidation sites excluding steroid dienone is 5. The number of piperidine rings is 1. The molecule has 1 aromatic heterocycles. The molecular formula is C24H30N6O. The topological polar surface area (TPSA) is 90.9 Å². The predicted molar refractivity (Wildman–Crippen MR) is 123 cm³/mol. The first-order valence-electron chi connectivity index (χ1n) is 10.9. The molecule has 0 unspecified atom stereocenters. The van der Waals surface area contributed by atoms with Gasteiger partial charge in [-0.2, -0.15) is 4.80 Å². The van der Waals surface area contributed by atoms with E-state index in [1.807, 2.05) is 24.3 Å². The van der Waals surface area contributed by atoms with Crippen molar-refractivity contribution in [3.63, 3.8) is 0 Å². The Labute approximate surface area is 183 Å². The summed E-state index contributed by atoms with van der Waals surface area (Å²) in [6.07, 6.45) is 13.1. The van der Waals surface area contributed by atoms with E-state index in [2.05, 4.69) is 57.7 Å². The van der Waals surface area contributed by atoms with Gasteiger partial charge >= 0.3 is 0 Å². The molecule has 3 heterocycles.